The number of carbonyl (C=O) groups is 11. The van der Waals surface area contributed by atoms with Crippen LogP contribution in [0.15, 0.2) is 30.3 Å². The van der Waals surface area contributed by atoms with E-state index >= 15 is 0 Å². The summed E-state index contributed by atoms with van der Waals surface area (Å²) in [7, 11) is 0. The Bertz CT molecular complexity index is 2320. The molecule has 2 unspecified atom stereocenters. The van der Waals surface area contributed by atoms with Gasteiger partial charge in [0.15, 0.2) is 0 Å². The monoisotopic (exact) mass is 1200 g/mol. The van der Waals surface area contributed by atoms with Gasteiger partial charge in [-0.3, -0.25) is 52.7 Å². The first-order valence-corrected chi connectivity index (χ1v) is 29.6. The van der Waals surface area contributed by atoms with E-state index in [4.69, 9.17) is 28.7 Å². The van der Waals surface area contributed by atoms with Crippen LogP contribution in [0.5, 0.6) is 0 Å². The molecule has 480 valence electrons. The summed E-state index contributed by atoms with van der Waals surface area (Å²) in [5, 5.41) is 49.7. The summed E-state index contributed by atoms with van der Waals surface area (Å²) < 4.78 is 0. The molecule has 0 spiro atoms. The van der Waals surface area contributed by atoms with Gasteiger partial charge < -0.3 is 97.4 Å². The maximum absolute atomic E-state index is 14.5. The lowest BCUT2D eigenvalue weighted by molar-refractivity contribution is -0.137. The van der Waals surface area contributed by atoms with Gasteiger partial charge in [-0.1, -0.05) is 83.7 Å². The lowest BCUT2D eigenvalue weighted by atomic mass is 9.96. The molecular weight excluding hydrogens is 1100 g/mol. The highest BCUT2D eigenvalue weighted by Crippen LogP contribution is 2.14. The van der Waals surface area contributed by atoms with Crippen LogP contribution in [0.25, 0.3) is 0 Å². The molecule has 0 aliphatic carbocycles. The summed E-state index contributed by atoms with van der Waals surface area (Å²) in [5.41, 5.74) is 29.9. The van der Waals surface area contributed by atoms with Crippen molar-refractivity contribution in [1.82, 2.24) is 58.5 Å². The maximum Gasteiger partial charge on any atom is 0.245 e. The Kier molecular flexibility index (Phi) is 34.6. The Balaban J connectivity index is 2.68. The van der Waals surface area contributed by atoms with Crippen LogP contribution in [0, 0.1) is 11.8 Å². The van der Waals surface area contributed by atoms with Gasteiger partial charge in [0, 0.05) is 19.4 Å². The van der Waals surface area contributed by atoms with Crippen molar-refractivity contribution in [3.63, 3.8) is 0 Å². The predicted octanol–water partition coefficient (Wildman–Crippen LogP) is -5.24. The number of rotatable bonds is 29. The Morgan fingerprint density at radius 2 is 1.06 bits per heavy atom. The van der Waals surface area contributed by atoms with Crippen molar-refractivity contribution < 1.29 is 63.0 Å². The van der Waals surface area contributed by atoms with E-state index in [-0.39, 0.29) is 77.7 Å². The van der Waals surface area contributed by atoms with Crippen LogP contribution in [-0.4, -0.2) is 187 Å². The standard InChI is InChI=1S/C56H98N16O13/c1-7-31(3)14-12-13-17-43(75)63-36(18-24-57)51(80)72-46(34(6)74)56(85)68-39(21-27-60)48(77)66-41-23-29-62-54(83)45(33(5)73)71-52(81)40(22-28-61)65-47(76)38(20-26-59)67-55(84)44(32(4)8-2)70-53(82)42(30-35-15-10-9-11-16-35)69-49(78)37(19-25-58)64-50(41)79/h9-11,15-16,31-34,36-42,44-46,73-74H,7-8,12-14,17-30,57-61H2,1-6H3,(H,62,83)(H,63,75)(H,64,79)(H,65,76)(H,66,77)(H,67,84)(H,68,85)(H,69,78)(H,70,82)(H,71,81)(H,72,80)/t31-,32?,33-,34-,36+,37+,38+,39+,40+,41+,42-,44?,45+,46+/m1/s1. The predicted molar refractivity (Wildman–Crippen MR) is 316 cm³/mol. The van der Waals surface area contributed by atoms with E-state index in [0.29, 0.717) is 24.3 Å². The van der Waals surface area contributed by atoms with E-state index in [1.807, 2.05) is 0 Å². The molecule has 0 radical (unpaired) electrons. The molecule has 2 rings (SSSR count). The number of aliphatic hydroxyl groups is 2. The minimum Gasteiger partial charge on any atom is -0.391 e. The minimum atomic E-state index is -1.70. The third-order valence-corrected chi connectivity index (χ3v) is 14.7. The third kappa shape index (κ3) is 26.1. The van der Waals surface area contributed by atoms with E-state index in [1.54, 1.807) is 44.2 Å². The molecule has 1 aromatic carbocycles. The first-order valence-electron chi connectivity index (χ1n) is 29.6. The summed E-state index contributed by atoms with van der Waals surface area (Å²) in [6, 6.07) is -6.25. The number of amides is 11. The Hall–Kier alpha value is -6.89. The normalized spacial score (nSPS) is 23.2. The molecule has 23 N–H and O–H groups in total. The van der Waals surface area contributed by atoms with Crippen molar-refractivity contribution >= 4 is 65.0 Å². The van der Waals surface area contributed by atoms with E-state index in [1.165, 1.54) is 13.8 Å². The highest BCUT2D eigenvalue weighted by Gasteiger charge is 2.38. The van der Waals surface area contributed by atoms with Crippen molar-refractivity contribution in [2.75, 3.05) is 39.3 Å². The number of nitrogens with two attached hydrogens (primary N) is 5. The van der Waals surface area contributed by atoms with Gasteiger partial charge in [0.2, 0.25) is 65.0 Å². The second-order valence-corrected chi connectivity index (χ2v) is 21.7. The van der Waals surface area contributed by atoms with Crippen LogP contribution in [0.3, 0.4) is 0 Å². The molecule has 1 aliphatic rings. The summed E-state index contributed by atoms with van der Waals surface area (Å²) in [5.74, 6) is -9.81. The summed E-state index contributed by atoms with van der Waals surface area (Å²) in [6.07, 6.45) is -0.756. The second kappa shape index (κ2) is 39.7. The summed E-state index contributed by atoms with van der Waals surface area (Å²) in [4.78, 5) is 154. The SMILES string of the molecule is CCC(C)C1NC(=O)[C@@H](Cc2ccccc2)NC(=O)[C@H](CCN)NC(=O)[C@@H](NC(=O)[C@H](CCN)NC(=O)[C@@H](NC(=O)[C@H](CCN)NC(=O)CCCC[C@H](C)CC)[C@@H](C)O)CCNC(=O)[C@H]([C@@H](C)O)NC(=O)[C@H](CCN)NC(=O)[C@H](CCN)NC1=O. The number of carbonyl (C=O) groups excluding carboxylic acids is 11. The van der Waals surface area contributed by atoms with Gasteiger partial charge in [-0.25, -0.2) is 0 Å². The molecular formula is C56H98N16O13. The maximum atomic E-state index is 14.5. The fraction of sp³-hybridized carbons (Fsp3) is 0.696. The first-order chi connectivity index (χ1) is 40.4. The van der Waals surface area contributed by atoms with Gasteiger partial charge in [0.05, 0.1) is 12.2 Å². The average molecular weight is 1200 g/mol. The van der Waals surface area contributed by atoms with E-state index in [2.05, 4.69) is 72.3 Å². The fourth-order valence-corrected chi connectivity index (χ4v) is 9.09. The zero-order valence-corrected chi connectivity index (χ0v) is 50.2. The number of nitrogens with one attached hydrogen (secondary N) is 11. The highest BCUT2D eigenvalue weighted by atomic mass is 16.3. The van der Waals surface area contributed by atoms with E-state index in [9.17, 15) is 63.0 Å². The molecule has 0 aromatic heterocycles. The molecule has 11 amide bonds. The quantitative estimate of drug-likeness (QED) is 0.0333. The fourth-order valence-electron chi connectivity index (χ4n) is 9.09. The molecule has 29 heteroatoms. The van der Waals surface area contributed by atoms with Crippen molar-refractivity contribution in [1.29, 1.82) is 0 Å². The van der Waals surface area contributed by atoms with E-state index in [0.717, 1.165) is 19.3 Å². The molecule has 1 heterocycles. The second-order valence-electron chi connectivity index (χ2n) is 21.7. The molecule has 85 heavy (non-hydrogen) atoms. The number of aliphatic hydroxyl groups excluding tert-OH is 2. The van der Waals surface area contributed by atoms with Crippen LogP contribution < -0.4 is 87.2 Å². The van der Waals surface area contributed by atoms with Crippen molar-refractivity contribution in [2.24, 2.45) is 40.5 Å². The summed E-state index contributed by atoms with van der Waals surface area (Å²) in [6.45, 7) is 8.87. The smallest absolute Gasteiger partial charge is 0.245 e. The molecule has 1 saturated heterocycles. The lowest BCUT2D eigenvalue weighted by Gasteiger charge is -2.30. The zero-order valence-electron chi connectivity index (χ0n) is 50.2. The average Bonchev–Trinajstić information content (AvgIpc) is 3.58. The summed E-state index contributed by atoms with van der Waals surface area (Å²) >= 11 is 0. The van der Waals surface area contributed by atoms with Crippen LogP contribution in [0.2, 0.25) is 0 Å². The van der Waals surface area contributed by atoms with Gasteiger partial charge >= 0.3 is 0 Å². The van der Waals surface area contributed by atoms with Crippen molar-refractivity contribution in [3.8, 4) is 0 Å². The number of hydrogen-bond acceptors (Lipinski definition) is 18. The van der Waals surface area contributed by atoms with Gasteiger partial charge in [0.25, 0.3) is 0 Å². The lowest BCUT2D eigenvalue weighted by Crippen LogP contribution is -2.62. The number of hydrogen-bond donors (Lipinski definition) is 18. The third-order valence-electron chi connectivity index (χ3n) is 14.7. The Morgan fingerprint density at radius 1 is 0.553 bits per heavy atom. The molecule has 1 aromatic rings. The molecule has 0 bridgehead atoms. The van der Waals surface area contributed by atoms with Gasteiger partial charge in [-0.05, 0) is 109 Å². The molecule has 1 fully saturated rings. The van der Waals surface area contributed by atoms with Gasteiger partial charge in [0.1, 0.15) is 60.4 Å². The van der Waals surface area contributed by atoms with E-state index < -0.39 is 156 Å². The van der Waals surface area contributed by atoms with Gasteiger partial charge in [-0.2, -0.15) is 0 Å². The van der Waals surface area contributed by atoms with Crippen LogP contribution >= 0.6 is 0 Å². The van der Waals surface area contributed by atoms with Crippen LogP contribution in [0.1, 0.15) is 124 Å². The van der Waals surface area contributed by atoms with Crippen LogP contribution in [0.4, 0.5) is 0 Å². The largest absolute Gasteiger partial charge is 0.391 e. The molecule has 14 atom stereocenters. The number of unbranched alkanes of at least 4 members (excludes halogenated alkanes) is 1. The van der Waals surface area contributed by atoms with Crippen molar-refractivity contribution in [2.45, 2.75) is 198 Å². The number of benzene rings is 1. The molecule has 1 aliphatic heterocycles. The van der Waals surface area contributed by atoms with Gasteiger partial charge in [-0.15, -0.1) is 0 Å². The zero-order chi connectivity index (χ0) is 63.8. The minimum absolute atomic E-state index is 0.0173. The first kappa shape index (κ1) is 74.2. The Morgan fingerprint density at radius 3 is 1.58 bits per heavy atom. The topological polar surface area (TPSA) is 491 Å². The highest BCUT2D eigenvalue weighted by molar-refractivity contribution is 5.99. The molecule has 0 saturated carbocycles. The van der Waals surface area contributed by atoms with Crippen molar-refractivity contribution in [3.05, 3.63) is 35.9 Å². The Labute approximate surface area is 498 Å². The van der Waals surface area contributed by atoms with Crippen LogP contribution in [-0.2, 0) is 59.2 Å². The molecule has 29 nitrogen and oxygen atoms in total.